The summed E-state index contributed by atoms with van der Waals surface area (Å²) in [5.41, 5.74) is 1.95. The van der Waals surface area contributed by atoms with Crippen LogP contribution in [0.15, 0.2) is 30.3 Å². The van der Waals surface area contributed by atoms with Crippen LogP contribution in [0.2, 0.25) is 0 Å². The Labute approximate surface area is 146 Å². The maximum Gasteiger partial charge on any atom is 0.226 e. The van der Waals surface area contributed by atoms with E-state index in [9.17, 15) is 9.18 Å². The van der Waals surface area contributed by atoms with Crippen LogP contribution in [0.1, 0.15) is 24.6 Å². The van der Waals surface area contributed by atoms with Crippen molar-refractivity contribution < 1.29 is 13.9 Å². The third-order valence-corrected chi connectivity index (χ3v) is 4.06. The number of anilines is 1. The third-order valence-electron chi connectivity index (χ3n) is 4.06. The molecule has 2 heterocycles. The molecule has 7 heteroatoms. The number of para-hydroxylation sites is 1. The van der Waals surface area contributed by atoms with Gasteiger partial charge in [0.1, 0.15) is 5.82 Å². The van der Waals surface area contributed by atoms with Crippen LogP contribution in [0, 0.1) is 5.82 Å². The lowest BCUT2D eigenvalue weighted by atomic mass is 10.1. The molecule has 6 nitrogen and oxygen atoms in total. The molecule has 1 aliphatic heterocycles. The summed E-state index contributed by atoms with van der Waals surface area (Å²) in [6.45, 7) is 4.04. The van der Waals surface area contributed by atoms with E-state index in [0.29, 0.717) is 19.5 Å². The molecule has 3 rings (SSSR count). The van der Waals surface area contributed by atoms with Crippen LogP contribution in [0.25, 0.3) is 0 Å². The smallest absolute Gasteiger partial charge is 0.226 e. The molecule has 0 atom stereocenters. The first-order valence-corrected chi connectivity index (χ1v) is 8.42. The van der Waals surface area contributed by atoms with E-state index in [1.54, 1.807) is 23.1 Å². The van der Waals surface area contributed by atoms with Crippen molar-refractivity contribution in [1.29, 1.82) is 0 Å². The SMILES string of the molecule is CCNc1cc2c(nn1)CCN(C(=O)CCOc1ccccc1F)C2. The van der Waals surface area contributed by atoms with Gasteiger partial charge in [-0.3, -0.25) is 4.79 Å². The van der Waals surface area contributed by atoms with Crippen molar-refractivity contribution in [3.05, 3.63) is 47.4 Å². The number of rotatable bonds is 6. The molecule has 0 spiro atoms. The van der Waals surface area contributed by atoms with E-state index in [-0.39, 0.29) is 24.7 Å². The molecule has 0 saturated carbocycles. The number of nitrogens with zero attached hydrogens (tertiary/aromatic N) is 3. The highest BCUT2D eigenvalue weighted by Gasteiger charge is 2.22. The summed E-state index contributed by atoms with van der Waals surface area (Å²) in [7, 11) is 0. The van der Waals surface area contributed by atoms with Gasteiger partial charge in [0.25, 0.3) is 0 Å². The summed E-state index contributed by atoms with van der Waals surface area (Å²) in [4.78, 5) is 14.2. The number of benzene rings is 1. The first-order chi connectivity index (χ1) is 12.2. The summed E-state index contributed by atoms with van der Waals surface area (Å²) >= 11 is 0. The second-order valence-corrected chi connectivity index (χ2v) is 5.83. The minimum absolute atomic E-state index is 0.0104. The highest BCUT2D eigenvalue weighted by molar-refractivity contribution is 5.76. The second-order valence-electron chi connectivity index (χ2n) is 5.83. The van der Waals surface area contributed by atoms with Crippen LogP contribution < -0.4 is 10.1 Å². The number of amides is 1. The fourth-order valence-electron chi connectivity index (χ4n) is 2.78. The van der Waals surface area contributed by atoms with Crippen LogP contribution in [0.3, 0.4) is 0 Å². The van der Waals surface area contributed by atoms with Gasteiger partial charge in [0.15, 0.2) is 11.6 Å². The Morgan fingerprint density at radius 1 is 1.36 bits per heavy atom. The van der Waals surface area contributed by atoms with E-state index in [1.807, 2.05) is 13.0 Å². The zero-order valence-corrected chi connectivity index (χ0v) is 14.2. The summed E-state index contributed by atoms with van der Waals surface area (Å²) < 4.78 is 18.9. The van der Waals surface area contributed by atoms with Gasteiger partial charge in [0, 0.05) is 26.1 Å². The van der Waals surface area contributed by atoms with Gasteiger partial charge in [-0.1, -0.05) is 12.1 Å². The van der Waals surface area contributed by atoms with Crippen molar-refractivity contribution in [2.75, 3.05) is 25.0 Å². The Balaban J connectivity index is 1.55. The maximum atomic E-state index is 13.5. The topological polar surface area (TPSA) is 67.4 Å². The standard InChI is InChI=1S/C18H21FN4O2/c1-2-20-17-11-13-12-23(9-7-15(13)21-22-17)18(24)8-10-25-16-6-4-3-5-14(16)19/h3-6,11H,2,7-10,12H2,1H3,(H,20,22). The molecule has 0 aliphatic carbocycles. The number of aromatic nitrogens is 2. The first-order valence-electron chi connectivity index (χ1n) is 8.42. The van der Waals surface area contributed by atoms with Crippen LogP contribution in [-0.4, -0.2) is 40.7 Å². The van der Waals surface area contributed by atoms with Crippen molar-refractivity contribution >= 4 is 11.7 Å². The van der Waals surface area contributed by atoms with E-state index < -0.39 is 5.82 Å². The molecule has 25 heavy (non-hydrogen) atoms. The van der Waals surface area contributed by atoms with Crippen molar-refractivity contribution in [3.8, 4) is 5.75 Å². The fourth-order valence-corrected chi connectivity index (χ4v) is 2.78. The van der Waals surface area contributed by atoms with Crippen LogP contribution in [-0.2, 0) is 17.8 Å². The Morgan fingerprint density at radius 2 is 2.20 bits per heavy atom. The molecule has 1 N–H and O–H groups in total. The molecule has 1 aliphatic rings. The minimum atomic E-state index is -0.420. The summed E-state index contributed by atoms with van der Waals surface area (Å²) in [6, 6.07) is 8.13. The second kappa shape index (κ2) is 7.92. The quantitative estimate of drug-likeness (QED) is 0.872. The molecule has 1 aromatic heterocycles. The number of nitrogens with one attached hydrogen (secondary N) is 1. The van der Waals surface area contributed by atoms with Crippen LogP contribution in [0.5, 0.6) is 5.75 Å². The molecule has 0 bridgehead atoms. The summed E-state index contributed by atoms with van der Waals surface area (Å²) in [5, 5.41) is 11.5. The molecular weight excluding hydrogens is 323 g/mol. The van der Waals surface area contributed by atoms with Gasteiger partial charge in [-0.25, -0.2) is 4.39 Å². The van der Waals surface area contributed by atoms with Gasteiger partial charge < -0.3 is 15.0 Å². The fraction of sp³-hybridized carbons (Fsp3) is 0.389. The molecule has 1 amide bonds. The summed E-state index contributed by atoms with van der Waals surface area (Å²) in [6.07, 6.45) is 0.900. The first kappa shape index (κ1) is 17.1. The van der Waals surface area contributed by atoms with Gasteiger partial charge in [0.05, 0.1) is 18.7 Å². The number of hydrogen-bond donors (Lipinski definition) is 1. The minimum Gasteiger partial charge on any atom is -0.490 e. The predicted molar refractivity (Wildman–Crippen MR) is 91.8 cm³/mol. The van der Waals surface area contributed by atoms with Crippen LogP contribution in [0.4, 0.5) is 10.2 Å². The van der Waals surface area contributed by atoms with Crippen LogP contribution >= 0.6 is 0 Å². The van der Waals surface area contributed by atoms with E-state index >= 15 is 0 Å². The largest absolute Gasteiger partial charge is 0.490 e. The molecular formula is C18H21FN4O2. The van der Waals surface area contributed by atoms with E-state index in [1.165, 1.54) is 6.07 Å². The average molecular weight is 344 g/mol. The van der Waals surface area contributed by atoms with Crippen molar-refractivity contribution in [3.63, 3.8) is 0 Å². The van der Waals surface area contributed by atoms with Gasteiger partial charge >= 0.3 is 0 Å². The highest BCUT2D eigenvalue weighted by Crippen LogP contribution is 2.20. The molecule has 2 aromatic rings. The van der Waals surface area contributed by atoms with Gasteiger partial charge in [-0.15, -0.1) is 5.10 Å². The van der Waals surface area contributed by atoms with Gasteiger partial charge in [-0.2, -0.15) is 5.10 Å². The van der Waals surface area contributed by atoms with E-state index in [4.69, 9.17) is 4.74 Å². The number of carbonyl (C=O) groups excluding carboxylic acids is 1. The van der Waals surface area contributed by atoms with E-state index in [0.717, 1.165) is 23.6 Å². The number of halogens is 1. The number of ether oxygens (including phenoxy) is 1. The Kier molecular flexibility index (Phi) is 5.42. The lowest BCUT2D eigenvalue weighted by molar-refractivity contribution is -0.132. The number of hydrogen-bond acceptors (Lipinski definition) is 5. The summed E-state index contributed by atoms with van der Waals surface area (Å²) in [5.74, 6) is 0.462. The lowest BCUT2D eigenvalue weighted by Crippen LogP contribution is -2.37. The molecule has 0 unspecified atom stereocenters. The van der Waals surface area contributed by atoms with Crippen molar-refractivity contribution in [2.24, 2.45) is 0 Å². The maximum absolute atomic E-state index is 13.5. The molecule has 0 radical (unpaired) electrons. The normalized spacial score (nSPS) is 13.3. The molecule has 132 valence electrons. The zero-order chi connectivity index (χ0) is 17.6. The zero-order valence-electron chi connectivity index (χ0n) is 14.2. The van der Waals surface area contributed by atoms with Gasteiger partial charge in [0.2, 0.25) is 5.91 Å². The van der Waals surface area contributed by atoms with Gasteiger partial charge in [-0.05, 0) is 30.7 Å². The average Bonchev–Trinajstić information content (AvgIpc) is 2.63. The predicted octanol–water partition coefficient (Wildman–Crippen LogP) is 2.40. The third kappa shape index (κ3) is 4.23. The number of fused-ring (bicyclic) bond motifs is 1. The number of carbonyl (C=O) groups is 1. The lowest BCUT2D eigenvalue weighted by Gasteiger charge is -2.28. The Morgan fingerprint density at radius 3 is 3.00 bits per heavy atom. The Hall–Kier alpha value is -2.70. The molecule has 0 fully saturated rings. The Bertz CT molecular complexity index is 754. The van der Waals surface area contributed by atoms with Crippen molar-refractivity contribution in [2.45, 2.75) is 26.3 Å². The molecule has 1 aromatic carbocycles. The monoisotopic (exact) mass is 344 g/mol. The van der Waals surface area contributed by atoms with E-state index in [2.05, 4.69) is 15.5 Å². The molecule has 0 saturated heterocycles. The highest BCUT2D eigenvalue weighted by atomic mass is 19.1. The van der Waals surface area contributed by atoms with Crippen molar-refractivity contribution in [1.82, 2.24) is 15.1 Å².